The van der Waals surface area contributed by atoms with E-state index in [2.05, 4.69) is 0 Å². The SMILES string of the molecule is CC(C)O[C]([O-])N1N(C(=O)OC(C)C)N(C(=O)OC(C)C)N1C(=O)OC(C)C. The van der Waals surface area contributed by atoms with Crippen LogP contribution in [0, 0.1) is 6.41 Å². The molecule has 12 nitrogen and oxygen atoms in total. The molecule has 28 heavy (non-hydrogen) atoms. The molecule has 0 aromatic rings. The molecule has 161 valence electrons. The molecule has 0 atom stereocenters. The predicted octanol–water partition coefficient (Wildman–Crippen LogP) is 1.74. The number of rotatable bonds is 6. The summed E-state index contributed by atoms with van der Waals surface area (Å²) in [5, 5.41) is 14.4. The summed E-state index contributed by atoms with van der Waals surface area (Å²) in [5.41, 5.74) is 0. The van der Waals surface area contributed by atoms with E-state index in [1.165, 1.54) is 0 Å². The Labute approximate surface area is 164 Å². The molecule has 12 heteroatoms. The molecular formula is C16H28N4O8-. The van der Waals surface area contributed by atoms with Crippen LogP contribution in [0.2, 0.25) is 0 Å². The van der Waals surface area contributed by atoms with Crippen LogP contribution < -0.4 is 5.11 Å². The van der Waals surface area contributed by atoms with Crippen LogP contribution >= 0.6 is 0 Å². The normalized spacial score (nSPS) is 15.0. The van der Waals surface area contributed by atoms with E-state index in [4.69, 9.17) is 18.9 Å². The monoisotopic (exact) mass is 404 g/mol. The number of amides is 3. The largest absolute Gasteiger partial charge is 0.811 e. The minimum atomic E-state index is -1.09. The minimum absolute atomic E-state index is 0.497. The van der Waals surface area contributed by atoms with Crippen LogP contribution in [0.3, 0.4) is 0 Å². The lowest BCUT2D eigenvalue weighted by molar-refractivity contribution is -0.564. The van der Waals surface area contributed by atoms with Gasteiger partial charge >= 0.3 is 18.3 Å². The second-order valence-electron chi connectivity index (χ2n) is 6.89. The van der Waals surface area contributed by atoms with Gasteiger partial charge in [0.2, 0.25) is 0 Å². The molecule has 1 rings (SSSR count). The van der Waals surface area contributed by atoms with Crippen LogP contribution in [0.25, 0.3) is 0 Å². The van der Waals surface area contributed by atoms with E-state index in [-0.39, 0.29) is 0 Å². The molecule has 0 spiro atoms. The van der Waals surface area contributed by atoms with Gasteiger partial charge in [-0.15, -0.1) is 0 Å². The standard InChI is InChI=1S/C16H28N4O8/c1-9(2)25-13(21)17-18(14(22)26-10(3)4)20(16(24)28-12(7)8)19(17)15(23)27-11(5)6/h9-12H,1-8H3/q-1. The lowest BCUT2D eigenvalue weighted by atomic mass is 10.5. The van der Waals surface area contributed by atoms with E-state index >= 15 is 0 Å². The molecule has 0 unspecified atom stereocenters. The number of hydrogen-bond acceptors (Lipinski definition) is 9. The van der Waals surface area contributed by atoms with Gasteiger partial charge in [-0.2, -0.15) is 0 Å². The fourth-order valence-corrected chi connectivity index (χ4v) is 1.90. The van der Waals surface area contributed by atoms with Crippen LogP contribution in [0.5, 0.6) is 0 Å². The van der Waals surface area contributed by atoms with Gasteiger partial charge in [0.1, 0.15) is 6.41 Å². The van der Waals surface area contributed by atoms with Crippen LogP contribution in [-0.2, 0) is 18.9 Å². The van der Waals surface area contributed by atoms with E-state index in [0.717, 1.165) is 0 Å². The molecule has 1 heterocycles. The third-order valence-corrected chi connectivity index (χ3v) is 2.72. The summed E-state index contributed by atoms with van der Waals surface area (Å²) >= 11 is 0. The van der Waals surface area contributed by atoms with E-state index in [1.54, 1.807) is 55.4 Å². The van der Waals surface area contributed by atoms with Crippen molar-refractivity contribution < 1.29 is 38.4 Å². The zero-order valence-corrected chi connectivity index (χ0v) is 17.4. The molecule has 1 fully saturated rings. The number of hydrazine groups is 4. The molecule has 0 aliphatic carbocycles. The van der Waals surface area contributed by atoms with Crippen LogP contribution in [0.15, 0.2) is 0 Å². The summed E-state index contributed by atoms with van der Waals surface area (Å²) in [5.74, 6) is 0. The topological polar surface area (TPSA) is 124 Å². The predicted molar refractivity (Wildman–Crippen MR) is 91.7 cm³/mol. The van der Waals surface area contributed by atoms with Crippen molar-refractivity contribution in [2.24, 2.45) is 0 Å². The second-order valence-corrected chi connectivity index (χ2v) is 6.89. The number of carbonyl (C=O) groups excluding carboxylic acids is 3. The van der Waals surface area contributed by atoms with Gasteiger partial charge in [0.25, 0.3) is 0 Å². The molecule has 1 aliphatic heterocycles. The number of ether oxygens (including phenoxy) is 4. The van der Waals surface area contributed by atoms with Gasteiger partial charge in [0.05, 0.1) is 24.4 Å². The van der Waals surface area contributed by atoms with Gasteiger partial charge in [-0.1, -0.05) is 20.5 Å². The maximum absolute atomic E-state index is 12.5. The zero-order chi connectivity index (χ0) is 21.8. The average Bonchev–Trinajstić information content (AvgIpc) is 2.42. The first kappa shape index (κ1) is 23.7. The summed E-state index contributed by atoms with van der Waals surface area (Å²) in [6.45, 7) is 12.6. The highest BCUT2D eigenvalue weighted by atomic mass is 16.7. The van der Waals surface area contributed by atoms with Gasteiger partial charge in [-0.25, -0.2) is 14.4 Å². The van der Waals surface area contributed by atoms with Crippen molar-refractivity contribution >= 4 is 18.3 Å². The van der Waals surface area contributed by atoms with Gasteiger partial charge in [0.15, 0.2) is 0 Å². The van der Waals surface area contributed by atoms with Crippen molar-refractivity contribution in [1.82, 2.24) is 20.5 Å². The lowest BCUT2D eigenvalue weighted by Crippen LogP contribution is -2.83. The Morgan fingerprint density at radius 2 is 0.786 bits per heavy atom. The lowest BCUT2D eigenvalue weighted by Gasteiger charge is -2.58. The Bertz CT molecular complexity index is 539. The van der Waals surface area contributed by atoms with Crippen molar-refractivity contribution in [2.45, 2.75) is 79.8 Å². The molecule has 0 aromatic heterocycles. The Morgan fingerprint density at radius 3 is 1.04 bits per heavy atom. The number of carbonyl (C=O) groups is 3. The molecule has 1 aliphatic rings. The smallest absolute Gasteiger partial charge is 0.452 e. The third kappa shape index (κ3) is 5.84. The zero-order valence-electron chi connectivity index (χ0n) is 17.4. The Balaban J connectivity index is 3.27. The quantitative estimate of drug-likeness (QED) is 0.609. The molecule has 0 bridgehead atoms. The average molecular weight is 404 g/mol. The molecule has 1 saturated heterocycles. The highest BCUT2D eigenvalue weighted by Gasteiger charge is 2.57. The first-order chi connectivity index (χ1) is 12.9. The Hall–Kier alpha value is -2.31. The Morgan fingerprint density at radius 1 is 0.536 bits per heavy atom. The first-order valence-electron chi connectivity index (χ1n) is 8.89. The molecule has 3 amide bonds. The van der Waals surface area contributed by atoms with Crippen LogP contribution in [0.1, 0.15) is 55.4 Å². The van der Waals surface area contributed by atoms with Crippen molar-refractivity contribution in [3.05, 3.63) is 6.41 Å². The van der Waals surface area contributed by atoms with Crippen molar-refractivity contribution in [2.75, 3.05) is 0 Å². The van der Waals surface area contributed by atoms with E-state index in [9.17, 15) is 19.5 Å². The summed E-state index contributed by atoms with van der Waals surface area (Å²) in [4.78, 5) is 37.4. The molecular weight excluding hydrogens is 376 g/mol. The van der Waals surface area contributed by atoms with Crippen molar-refractivity contribution in [1.29, 1.82) is 0 Å². The summed E-state index contributed by atoms with van der Waals surface area (Å²) in [7, 11) is 0. The van der Waals surface area contributed by atoms with E-state index < -0.39 is 49.1 Å². The second kappa shape index (κ2) is 9.75. The minimum Gasteiger partial charge on any atom is -0.811 e. The van der Waals surface area contributed by atoms with Crippen molar-refractivity contribution in [3.63, 3.8) is 0 Å². The fourth-order valence-electron chi connectivity index (χ4n) is 1.90. The number of hydrogen-bond donors (Lipinski definition) is 0. The summed E-state index contributed by atoms with van der Waals surface area (Å²) in [6.07, 6.45) is -6.61. The fraction of sp³-hybridized carbons (Fsp3) is 0.750. The first-order valence-corrected chi connectivity index (χ1v) is 8.89. The van der Waals surface area contributed by atoms with E-state index in [0.29, 0.717) is 20.5 Å². The highest BCUT2D eigenvalue weighted by molar-refractivity contribution is 5.79. The number of nitrogens with zero attached hydrogens (tertiary/aromatic N) is 4. The summed E-state index contributed by atoms with van der Waals surface area (Å²) < 4.78 is 20.2. The van der Waals surface area contributed by atoms with Crippen molar-refractivity contribution in [3.8, 4) is 0 Å². The molecule has 0 aromatic carbocycles. The molecule has 0 saturated carbocycles. The van der Waals surface area contributed by atoms with E-state index in [1.807, 2.05) is 0 Å². The summed E-state index contributed by atoms with van der Waals surface area (Å²) in [6, 6.07) is 0. The highest BCUT2D eigenvalue weighted by Crippen LogP contribution is 2.31. The third-order valence-electron chi connectivity index (χ3n) is 2.72. The molecule has 0 N–H and O–H groups in total. The van der Waals surface area contributed by atoms with Gasteiger partial charge in [0, 0.05) is 0 Å². The van der Waals surface area contributed by atoms with Crippen LogP contribution in [0.4, 0.5) is 14.4 Å². The van der Waals surface area contributed by atoms with Gasteiger partial charge in [-0.3, -0.25) is 0 Å². The Kier molecular flexibility index (Phi) is 8.27. The van der Waals surface area contributed by atoms with Gasteiger partial charge in [-0.05, 0) is 55.4 Å². The van der Waals surface area contributed by atoms with Crippen LogP contribution in [-0.4, -0.2) is 63.2 Å². The maximum Gasteiger partial charge on any atom is 0.452 e. The molecule has 1 radical (unpaired) electrons. The van der Waals surface area contributed by atoms with Gasteiger partial charge < -0.3 is 24.1 Å². The maximum atomic E-state index is 12.5.